The van der Waals surface area contributed by atoms with Gasteiger partial charge in [-0.15, -0.1) is 0 Å². The fourth-order valence-corrected chi connectivity index (χ4v) is 4.37. The van der Waals surface area contributed by atoms with E-state index < -0.39 is 14.6 Å². The predicted octanol–water partition coefficient (Wildman–Crippen LogP) is 0.505. The molecule has 0 saturated heterocycles. The van der Waals surface area contributed by atoms with Crippen LogP contribution in [0.4, 0.5) is 0 Å². The Morgan fingerprint density at radius 3 is 1.69 bits per heavy atom. The molecule has 0 aliphatic rings. The molecule has 0 radical (unpaired) electrons. The van der Waals surface area contributed by atoms with Gasteiger partial charge in [-0.2, -0.15) is 0 Å². The van der Waals surface area contributed by atoms with Gasteiger partial charge in [-0.1, -0.05) is 34.8 Å². The highest BCUT2D eigenvalue weighted by atomic mass is 27.2. The molecule has 2 nitrogen and oxygen atoms in total. The van der Waals surface area contributed by atoms with E-state index in [1.165, 1.54) is 4.43 Å². The smallest absolute Gasteiger partial charge is 0.373 e. The lowest BCUT2D eigenvalue weighted by atomic mass is 10.4. The maximum Gasteiger partial charge on any atom is 0.529 e. The molecular formula is C10H17AlN2. The third-order valence-electron chi connectivity index (χ3n) is 2.08. The average Bonchev–Trinajstić information content (AvgIpc) is 2.04. The third kappa shape index (κ3) is 2.82. The Morgan fingerprint density at radius 1 is 0.846 bits per heavy atom. The summed E-state index contributed by atoms with van der Waals surface area (Å²) in [5.74, 6) is 0. The minimum Gasteiger partial charge on any atom is -0.373 e. The summed E-state index contributed by atoms with van der Waals surface area (Å²) in [5.41, 5.74) is 0. The second-order valence-corrected chi connectivity index (χ2v) is 7.19. The van der Waals surface area contributed by atoms with Crippen molar-refractivity contribution in [2.45, 2.75) is 0 Å². The van der Waals surface area contributed by atoms with E-state index in [-0.39, 0.29) is 0 Å². The summed E-state index contributed by atoms with van der Waals surface area (Å²) in [6, 6.07) is 10.7. The average molecular weight is 192 g/mol. The standard InChI is InChI=1S/C6H5.2C2H6N.Al/c1-2-4-6-5-3-1;2*1-3-2;/h1-5H;2*1-2H3;/q;2*-1;+2. The van der Waals surface area contributed by atoms with Gasteiger partial charge >= 0.3 is 14.6 Å². The molecule has 0 aromatic heterocycles. The summed E-state index contributed by atoms with van der Waals surface area (Å²) < 4.78 is 6.16. The number of hydrogen-bond donors (Lipinski definition) is 0. The molecule has 3 heteroatoms. The van der Waals surface area contributed by atoms with Crippen LogP contribution in [-0.4, -0.2) is 50.5 Å². The lowest BCUT2D eigenvalue weighted by molar-refractivity contribution is 0.531. The van der Waals surface area contributed by atoms with Gasteiger partial charge in [-0.3, -0.25) is 0 Å². The topological polar surface area (TPSA) is 6.48 Å². The molecule has 0 aliphatic heterocycles. The normalized spacial score (nSPS) is 10.9. The number of hydrogen-bond acceptors (Lipinski definition) is 2. The molecule has 0 N–H and O–H groups in total. The maximum absolute atomic E-state index is 2.34. The first kappa shape index (κ1) is 10.8. The van der Waals surface area contributed by atoms with E-state index in [4.69, 9.17) is 0 Å². The van der Waals surface area contributed by atoms with Crippen molar-refractivity contribution in [2.75, 3.05) is 28.2 Å². The van der Waals surface area contributed by atoms with Gasteiger partial charge in [-0.25, -0.2) is 0 Å². The van der Waals surface area contributed by atoms with Gasteiger partial charge in [0.25, 0.3) is 0 Å². The highest BCUT2D eigenvalue weighted by Gasteiger charge is 2.27. The van der Waals surface area contributed by atoms with Crippen molar-refractivity contribution in [3.63, 3.8) is 0 Å². The molecule has 0 heterocycles. The van der Waals surface area contributed by atoms with Crippen LogP contribution in [0.1, 0.15) is 0 Å². The molecule has 0 saturated carbocycles. The molecule has 0 amide bonds. The molecule has 0 aliphatic carbocycles. The third-order valence-corrected chi connectivity index (χ3v) is 5.01. The Balaban J connectivity index is 2.89. The lowest BCUT2D eigenvalue weighted by Crippen LogP contribution is -2.54. The zero-order valence-electron chi connectivity index (χ0n) is 8.86. The van der Waals surface area contributed by atoms with Crippen molar-refractivity contribution < 1.29 is 0 Å². The second-order valence-electron chi connectivity index (χ2n) is 3.71. The van der Waals surface area contributed by atoms with Gasteiger partial charge in [0.05, 0.1) is 0 Å². The van der Waals surface area contributed by atoms with E-state index in [2.05, 4.69) is 66.3 Å². The molecule has 1 rings (SSSR count). The Labute approximate surface area is 85.6 Å². The molecule has 0 unspecified atom stereocenters. The summed E-state index contributed by atoms with van der Waals surface area (Å²) in [4.78, 5) is 0. The van der Waals surface area contributed by atoms with Crippen LogP contribution < -0.4 is 4.43 Å². The molecule has 13 heavy (non-hydrogen) atoms. The van der Waals surface area contributed by atoms with E-state index in [0.29, 0.717) is 0 Å². The zero-order chi connectivity index (χ0) is 9.84. The van der Waals surface area contributed by atoms with Crippen LogP contribution in [0, 0.1) is 0 Å². The lowest BCUT2D eigenvalue weighted by Gasteiger charge is -2.24. The van der Waals surface area contributed by atoms with Crippen LogP contribution in [-0.2, 0) is 0 Å². The SMILES string of the molecule is C[N](C)[Al]([c]1ccccc1)[N](C)C. The van der Waals surface area contributed by atoms with Crippen LogP contribution in [0.25, 0.3) is 0 Å². The minimum absolute atomic E-state index is 1.07. The van der Waals surface area contributed by atoms with E-state index in [9.17, 15) is 0 Å². The molecule has 70 valence electrons. The predicted molar refractivity (Wildman–Crippen MR) is 59.2 cm³/mol. The molecule has 0 fully saturated rings. The van der Waals surface area contributed by atoms with Crippen molar-refractivity contribution in [1.29, 1.82) is 0 Å². The molecule has 0 bridgehead atoms. The number of rotatable bonds is 3. The molecule has 0 atom stereocenters. The van der Waals surface area contributed by atoms with Crippen molar-refractivity contribution in [2.24, 2.45) is 0 Å². The summed E-state index contributed by atoms with van der Waals surface area (Å²) >= 11 is -1.07. The van der Waals surface area contributed by atoms with E-state index in [0.717, 1.165) is 0 Å². The van der Waals surface area contributed by atoms with Gasteiger partial charge in [0, 0.05) is 0 Å². The fourth-order valence-electron chi connectivity index (χ4n) is 1.68. The molecular weight excluding hydrogens is 175 g/mol. The van der Waals surface area contributed by atoms with Crippen LogP contribution >= 0.6 is 0 Å². The Kier molecular flexibility index (Phi) is 3.96. The van der Waals surface area contributed by atoms with Gasteiger partial charge in [0.2, 0.25) is 0 Å². The van der Waals surface area contributed by atoms with Gasteiger partial charge in [0.1, 0.15) is 0 Å². The van der Waals surface area contributed by atoms with Crippen LogP contribution in [0.2, 0.25) is 0 Å². The second kappa shape index (κ2) is 4.78. The van der Waals surface area contributed by atoms with Crippen molar-refractivity contribution >= 4 is 19.0 Å². The summed E-state index contributed by atoms with van der Waals surface area (Å²) in [6.07, 6.45) is 0. The summed E-state index contributed by atoms with van der Waals surface area (Å²) in [7, 11) is 8.63. The largest absolute Gasteiger partial charge is 0.529 e. The first-order chi connectivity index (χ1) is 6.13. The first-order valence-electron chi connectivity index (χ1n) is 4.50. The molecule has 1 aromatic carbocycles. The summed E-state index contributed by atoms with van der Waals surface area (Å²) in [6.45, 7) is 0. The van der Waals surface area contributed by atoms with Crippen molar-refractivity contribution in [3.8, 4) is 0 Å². The monoisotopic (exact) mass is 192 g/mol. The quantitative estimate of drug-likeness (QED) is 0.644. The Morgan fingerprint density at radius 2 is 1.31 bits per heavy atom. The number of nitrogens with zero attached hydrogens (tertiary/aromatic N) is 2. The zero-order valence-corrected chi connectivity index (χ0v) is 10.0. The Hall–Kier alpha value is -0.328. The van der Waals surface area contributed by atoms with E-state index in [1.807, 2.05) is 0 Å². The minimum atomic E-state index is -1.07. The van der Waals surface area contributed by atoms with E-state index >= 15 is 0 Å². The summed E-state index contributed by atoms with van der Waals surface area (Å²) in [5, 5.41) is 0. The first-order valence-corrected chi connectivity index (χ1v) is 6.11. The van der Waals surface area contributed by atoms with Gasteiger partial charge in [-0.05, 0) is 28.2 Å². The molecule has 0 spiro atoms. The van der Waals surface area contributed by atoms with Crippen LogP contribution in [0.15, 0.2) is 30.3 Å². The number of benzene rings is 1. The maximum atomic E-state index is 2.34. The van der Waals surface area contributed by atoms with E-state index in [1.54, 1.807) is 0 Å². The Bertz CT molecular complexity index is 238. The fraction of sp³-hybridized carbons (Fsp3) is 0.400. The van der Waals surface area contributed by atoms with Crippen molar-refractivity contribution in [1.82, 2.24) is 7.77 Å². The highest BCUT2D eigenvalue weighted by Crippen LogP contribution is 1.94. The van der Waals surface area contributed by atoms with Gasteiger partial charge in [0.15, 0.2) is 0 Å². The van der Waals surface area contributed by atoms with Gasteiger partial charge < -0.3 is 7.77 Å². The highest BCUT2D eigenvalue weighted by molar-refractivity contribution is 6.67. The van der Waals surface area contributed by atoms with Crippen LogP contribution in [0.5, 0.6) is 0 Å². The van der Waals surface area contributed by atoms with Crippen molar-refractivity contribution in [3.05, 3.63) is 30.3 Å². The van der Waals surface area contributed by atoms with Crippen LogP contribution in [0.3, 0.4) is 0 Å². The molecule has 1 aromatic rings.